The Morgan fingerprint density at radius 1 is 1.00 bits per heavy atom. The van der Waals surface area contributed by atoms with Crippen molar-refractivity contribution in [3.63, 3.8) is 0 Å². The fourth-order valence-electron chi connectivity index (χ4n) is 3.13. The summed E-state index contributed by atoms with van der Waals surface area (Å²) in [5.74, 6) is -0.362. The number of hydrogen-bond donors (Lipinski definition) is 2. The van der Waals surface area contributed by atoms with E-state index in [0.717, 1.165) is 42.1 Å². The number of benzene rings is 2. The molecule has 0 aliphatic carbocycles. The van der Waals surface area contributed by atoms with Crippen LogP contribution in [0.25, 0.3) is 0 Å². The number of thiophene rings is 1. The third-order valence-corrected chi connectivity index (χ3v) is 5.95. The number of ether oxygens (including phenoxy) is 1. The molecular formula is C24H26N2O2S2. The van der Waals surface area contributed by atoms with E-state index in [9.17, 15) is 4.79 Å². The first-order valence-electron chi connectivity index (χ1n) is 9.99. The smallest absolute Gasteiger partial charge is 0.340 e. The van der Waals surface area contributed by atoms with Gasteiger partial charge in [0.1, 0.15) is 5.00 Å². The topological polar surface area (TPSA) is 50.4 Å². The summed E-state index contributed by atoms with van der Waals surface area (Å²) in [6, 6.07) is 22.5. The Labute approximate surface area is 187 Å². The predicted molar refractivity (Wildman–Crippen MR) is 129 cm³/mol. The van der Waals surface area contributed by atoms with Gasteiger partial charge in [0.15, 0.2) is 5.11 Å². The highest BCUT2D eigenvalue weighted by Gasteiger charge is 2.17. The molecule has 2 N–H and O–H groups in total. The van der Waals surface area contributed by atoms with Gasteiger partial charge in [0.05, 0.1) is 12.7 Å². The van der Waals surface area contributed by atoms with Crippen molar-refractivity contribution in [3.05, 3.63) is 88.3 Å². The first kappa shape index (κ1) is 22.0. The fourth-order valence-corrected chi connectivity index (χ4v) is 4.48. The number of unbranched alkanes of at least 4 members (excludes halogenated alkanes) is 1. The summed E-state index contributed by atoms with van der Waals surface area (Å²) in [5, 5.41) is 7.65. The molecule has 3 rings (SSSR count). The number of methoxy groups -OCH3 is 1. The second kappa shape index (κ2) is 11.5. The molecule has 0 aliphatic heterocycles. The van der Waals surface area contributed by atoms with Gasteiger partial charge in [-0.3, -0.25) is 0 Å². The number of anilines is 1. The molecule has 30 heavy (non-hydrogen) atoms. The molecule has 1 heterocycles. The molecule has 3 aromatic rings. The minimum absolute atomic E-state index is 0.362. The second-order valence-electron chi connectivity index (χ2n) is 6.93. The largest absolute Gasteiger partial charge is 0.465 e. The van der Waals surface area contributed by atoms with Crippen molar-refractivity contribution in [1.82, 2.24) is 5.32 Å². The maximum Gasteiger partial charge on any atom is 0.340 e. The van der Waals surface area contributed by atoms with Crippen molar-refractivity contribution >= 4 is 39.6 Å². The van der Waals surface area contributed by atoms with Crippen molar-refractivity contribution in [3.8, 4) is 0 Å². The molecule has 0 aliphatic rings. The zero-order valence-corrected chi connectivity index (χ0v) is 18.7. The average Bonchev–Trinajstić information content (AvgIpc) is 3.16. The molecule has 156 valence electrons. The summed E-state index contributed by atoms with van der Waals surface area (Å²) >= 11 is 6.96. The lowest BCUT2D eigenvalue weighted by molar-refractivity contribution is 0.0602. The minimum Gasteiger partial charge on any atom is -0.465 e. The third-order valence-electron chi connectivity index (χ3n) is 4.66. The van der Waals surface area contributed by atoms with E-state index in [1.54, 1.807) is 0 Å². The quantitative estimate of drug-likeness (QED) is 0.265. The van der Waals surface area contributed by atoms with E-state index in [0.29, 0.717) is 10.7 Å². The van der Waals surface area contributed by atoms with Crippen molar-refractivity contribution in [1.29, 1.82) is 0 Å². The fraction of sp³-hybridized carbons (Fsp3) is 0.250. The summed E-state index contributed by atoms with van der Waals surface area (Å²) in [5.41, 5.74) is 3.06. The van der Waals surface area contributed by atoms with Crippen LogP contribution in [0.15, 0.2) is 66.7 Å². The van der Waals surface area contributed by atoms with Crippen LogP contribution in [0.3, 0.4) is 0 Å². The molecule has 1 aromatic heterocycles. The highest BCUT2D eigenvalue weighted by Crippen LogP contribution is 2.30. The summed E-state index contributed by atoms with van der Waals surface area (Å²) < 4.78 is 4.94. The van der Waals surface area contributed by atoms with Crippen LogP contribution in [0.1, 0.15) is 39.2 Å². The number of hydrogen-bond acceptors (Lipinski definition) is 4. The molecule has 0 atom stereocenters. The molecular weight excluding hydrogens is 412 g/mol. The van der Waals surface area contributed by atoms with Gasteiger partial charge in [-0.25, -0.2) is 4.79 Å². The van der Waals surface area contributed by atoms with Gasteiger partial charge in [-0.2, -0.15) is 0 Å². The van der Waals surface area contributed by atoms with E-state index in [1.807, 2.05) is 30.3 Å². The molecule has 0 amide bonds. The molecule has 0 radical (unpaired) electrons. The van der Waals surface area contributed by atoms with E-state index >= 15 is 0 Å². The summed E-state index contributed by atoms with van der Waals surface area (Å²) in [4.78, 5) is 13.3. The lowest BCUT2D eigenvalue weighted by Gasteiger charge is -2.10. The van der Waals surface area contributed by atoms with Crippen LogP contribution in [0.5, 0.6) is 0 Å². The number of nitrogens with one attached hydrogen (secondary N) is 2. The normalized spacial score (nSPS) is 10.4. The van der Waals surface area contributed by atoms with E-state index in [2.05, 4.69) is 47.0 Å². The Hall–Kier alpha value is -2.70. The van der Waals surface area contributed by atoms with Gasteiger partial charge in [0.2, 0.25) is 0 Å². The molecule has 0 unspecified atom stereocenters. The van der Waals surface area contributed by atoms with Gasteiger partial charge in [-0.1, -0.05) is 60.7 Å². The molecule has 0 spiro atoms. The van der Waals surface area contributed by atoms with Gasteiger partial charge in [-0.05, 0) is 48.7 Å². The van der Waals surface area contributed by atoms with Gasteiger partial charge in [0, 0.05) is 17.8 Å². The van der Waals surface area contributed by atoms with Crippen molar-refractivity contribution in [2.45, 2.75) is 25.7 Å². The van der Waals surface area contributed by atoms with Crippen LogP contribution in [0.2, 0.25) is 0 Å². The van der Waals surface area contributed by atoms with Crippen molar-refractivity contribution in [2.24, 2.45) is 0 Å². The minimum atomic E-state index is -0.362. The first-order valence-corrected chi connectivity index (χ1v) is 11.2. The number of carbonyl (C=O) groups excluding carboxylic acids is 1. The van der Waals surface area contributed by atoms with E-state index < -0.39 is 0 Å². The van der Waals surface area contributed by atoms with E-state index in [1.165, 1.54) is 29.6 Å². The first-order chi connectivity index (χ1) is 14.7. The van der Waals surface area contributed by atoms with Crippen LogP contribution in [0.4, 0.5) is 5.00 Å². The van der Waals surface area contributed by atoms with E-state index in [-0.39, 0.29) is 5.97 Å². The monoisotopic (exact) mass is 438 g/mol. The number of rotatable bonds is 9. The Bertz CT molecular complexity index is 956. The molecule has 0 bridgehead atoms. The van der Waals surface area contributed by atoms with Gasteiger partial charge in [-0.15, -0.1) is 11.3 Å². The van der Waals surface area contributed by atoms with Crippen LogP contribution >= 0.6 is 23.6 Å². The number of thiocarbonyl (C=S) groups is 1. The number of aryl methyl sites for hydroxylation is 1. The molecule has 0 saturated heterocycles. The number of esters is 1. The Balaban J connectivity index is 1.52. The Morgan fingerprint density at radius 2 is 1.67 bits per heavy atom. The van der Waals surface area contributed by atoms with Gasteiger partial charge >= 0.3 is 5.97 Å². The van der Waals surface area contributed by atoms with Crippen LogP contribution in [-0.2, 0) is 17.6 Å². The zero-order valence-electron chi connectivity index (χ0n) is 17.0. The highest BCUT2D eigenvalue weighted by molar-refractivity contribution is 7.80. The maximum absolute atomic E-state index is 12.2. The van der Waals surface area contributed by atoms with Gasteiger partial charge < -0.3 is 15.4 Å². The summed E-state index contributed by atoms with van der Waals surface area (Å²) in [6.45, 7) is 0.786. The van der Waals surface area contributed by atoms with E-state index in [4.69, 9.17) is 17.0 Å². The molecule has 0 saturated carbocycles. The van der Waals surface area contributed by atoms with Crippen LogP contribution < -0.4 is 10.6 Å². The maximum atomic E-state index is 12.2. The SMILES string of the molecule is COC(=O)c1cc(Cc2ccccc2)sc1NC(=S)NCCCCc1ccccc1. The molecule has 0 fully saturated rings. The standard InChI is InChI=1S/C24H26N2O2S2/c1-28-23(27)21-17-20(16-19-13-6-3-7-14-19)30-22(21)26-24(29)25-15-9-8-12-18-10-4-2-5-11-18/h2-7,10-11,13-14,17H,8-9,12,15-16H2,1H3,(H2,25,26,29). The van der Waals surface area contributed by atoms with Gasteiger partial charge in [0.25, 0.3) is 0 Å². The molecule has 2 aromatic carbocycles. The molecule has 4 nitrogen and oxygen atoms in total. The second-order valence-corrected chi connectivity index (χ2v) is 8.48. The number of carbonyl (C=O) groups is 1. The van der Waals surface area contributed by atoms with Crippen molar-refractivity contribution in [2.75, 3.05) is 19.0 Å². The van der Waals surface area contributed by atoms with Crippen LogP contribution in [-0.4, -0.2) is 24.7 Å². The highest BCUT2D eigenvalue weighted by atomic mass is 32.1. The Morgan fingerprint density at radius 3 is 2.33 bits per heavy atom. The third kappa shape index (κ3) is 6.68. The van der Waals surface area contributed by atoms with Crippen LogP contribution in [0, 0.1) is 0 Å². The predicted octanol–water partition coefficient (Wildman–Crippen LogP) is 5.43. The average molecular weight is 439 g/mol. The lowest BCUT2D eigenvalue weighted by Crippen LogP contribution is -2.29. The zero-order chi connectivity index (χ0) is 21.2. The lowest BCUT2D eigenvalue weighted by atomic mass is 10.1. The van der Waals surface area contributed by atoms with Crippen molar-refractivity contribution < 1.29 is 9.53 Å². The molecule has 6 heteroatoms. The Kier molecular flexibility index (Phi) is 8.41. The summed E-state index contributed by atoms with van der Waals surface area (Å²) in [7, 11) is 1.39. The summed E-state index contributed by atoms with van der Waals surface area (Å²) in [6.07, 6.45) is 3.93.